The van der Waals surface area contributed by atoms with Crippen LogP contribution in [0.15, 0.2) is 177 Å². The largest absolute Gasteiger partial charge is 0.456 e. The normalized spacial score (nSPS) is 14.9. The summed E-state index contributed by atoms with van der Waals surface area (Å²) in [4.78, 5) is 10.00. The van der Waals surface area contributed by atoms with Gasteiger partial charge in [-0.05, 0) is 42.5 Å². The van der Waals surface area contributed by atoms with Gasteiger partial charge in [-0.2, -0.15) is 0 Å². The van der Waals surface area contributed by atoms with Crippen molar-refractivity contribution in [3.05, 3.63) is 174 Å². The zero-order valence-corrected chi connectivity index (χ0v) is 27.2. The number of nitrogens with zero attached hydrogens (tertiary/aromatic N) is 3. The maximum atomic E-state index is 6.93. The van der Waals surface area contributed by atoms with Crippen molar-refractivity contribution in [1.82, 2.24) is 9.88 Å². The van der Waals surface area contributed by atoms with Crippen LogP contribution in [0.3, 0.4) is 0 Å². The second-order valence-electron chi connectivity index (χ2n) is 13.0. The molecule has 0 fully saturated rings. The van der Waals surface area contributed by atoms with Crippen molar-refractivity contribution in [2.24, 2.45) is 9.98 Å². The van der Waals surface area contributed by atoms with E-state index in [-0.39, 0.29) is 6.17 Å². The van der Waals surface area contributed by atoms with Gasteiger partial charge >= 0.3 is 0 Å². The maximum absolute atomic E-state index is 6.93. The maximum Gasteiger partial charge on any atom is 0.159 e. The fourth-order valence-corrected chi connectivity index (χ4v) is 7.72. The molecule has 1 aliphatic heterocycles. The molecule has 3 aromatic heterocycles. The van der Waals surface area contributed by atoms with Crippen LogP contribution in [0.2, 0.25) is 0 Å². The fourth-order valence-electron chi connectivity index (χ4n) is 7.72. The lowest BCUT2D eigenvalue weighted by Gasteiger charge is -2.23. The highest BCUT2D eigenvalue weighted by Crippen LogP contribution is 2.43. The fraction of sp³-hybridized carbons (Fsp3) is 0.0222. The van der Waals surface area contributed by atoms with Crippen molar-refractivity contribution in [3.8, 4) is 5.69 Å². The number of benzene rings is 7. The van der Waals surface area contributed by atoms with Gasteiger partial charge in [0.1, 0.15) is 28.8 Å². The lowest BCUT2D eigenvalue weighted by atomic mass is 10.0. The summed E-state index contributed by atoms with van der Waals surface area (Å²) in [5, 5.41) is 10.1. The Hall–Kier alpha value is -6.92. The Morgan fingerprint density at radius 3 is 1.92 bits per heavy atom. The molecule has 0 saturated carbocycles. The van der Waals surface area contributed by atoms with E-state index in [4.69, 9.17) is 18.8 Å². The van der Waals surface area contributed by atoms with E-state index in [1.165, 1.54) is 10.8 Å². The summed E-state index contributed by atoms with van der Waals surface area (Å²) in [6.07, 6.45) is -0.356. The van der Waals surface area contributed by atoms with Crippen molar-refractivity contribution >= 4 is 77.4 Å². The third-order valence-corrected chi connectivity index (χ3v) is 10.1. The van der Waals surface area contributed by atoms with E-state index in [1.54, 1.807) is 0 Å². The molecule has 6 nitrogen and oxygen atoms in total. The summed E-state index contributed by atoms with van der Waals surface area (Å²) in [7, 11) is 0. The Balaban J connectivity index is 1.08. The van der Waals surface area contributed by atoms with Crippen molar-refractivity contribution < 1.29 is 8.83 Å². The highest BCUT2D eigenvalue weighted by molar-refractivity contribution is 6.23. The summed E-state index contributed by atoms with van der Waals surface area (Å²) >= 11 is 0. The molecule has 0 bridgehead atoms. The Morgan fingerprint density at radius 1 is 0.510 bits per heavy atom. The molecule has 51 heavy (non-hydrogen) atoms. The van der Waals surface area contributed by atoms with Gasteiger partial charge in [-0.15, -0.1) is 0 Å². The minimum atomic E-state index is -0.356. The number of rotatable bonds is 4. The number of aliphatic imine (C=N–C) groups is 2. The van der Waals surface area contributed by atoms with Crippen molar-refractivity contribution in [3.63, 3.8) is 0 Å². The van der Waals surface area contributed by atoms with Crippen LogP contribution in [-0.4, -0.2) is 16.2 Å². The van der Waals surface area contributed by atoms with Gasteiger partial charge in [-0.25, -0.2) is 9.98 Å². The van der Waals surface area contributed by atoms with E-state index in [9.17, 15) is 0 Å². The lowest BCUT2D eigenvalue weighted by Crippen LogP contribution is -2.33. The summed E-state index contributed by atoms with van der Waals surface area (Å²) < 4.78 is 15.8. The van der Waals surface area contributed by atoms with E-state index in [0.717, 1.165) is 83.1 Å². The average molecular weight is 657 g/mol. The van der Waals surface area contributed by atoms with Crippen molar-refractivity contribution in [1.29, 1.82) is 0 Å². The predicted octanol–water partition coefficient (Wildman–Crippen LogP) is 11.1. The number of nitrogens with one attached hydrogen (secondary N) is 1. The smallest absolute Gasteiger partial charge is 0.159 e. The third kappa shape index (κ3) is 4.23. The molecule has 4 heterocycles. The molecule has 7 aromatic carbocycles. The number of para-hydroxylation sites is 3. The molecular formula is C45H28N4O2. The third-order valence-electron chi connectivity index (χ3n) is 10.1. The molecule has 240 valence electrons. The van der Waals surface area contributed by atoms with Gasteiger partial charge in [-0.3, -0.25) is 0 Å². The monoisotopic (exact) mass is 656 g/mol. The molecule has 6 heteroatoms. The van der Waals surface area contributed by atoms with Gasteiger partial charge in [0.25, 0.3) is 0 Å². The highest BCUT2D eigenvalue weighted by Gasteiger charge is 2.24. The molecular weight excluding hydrogens is 629 g/mol. The van der Waals surface area contributed by atoms with Crippen LogP contribution >= 0.6 is 0 Å². The summed E-state index contributed by atoms with van der Waals surface area (Å²) in [6.45, 7) is 0. The number of furan rings is 2. The molecule has 0 radical (unpaired) electrons. The standard InChI is InChI=1S/C45H28N4O2/c1-3-12-27(13-4-1)43-46-44(28-14-5-2-6-15-28)48-45(47-43)29-22-23-34-39(26-29)50-38-25-24-33-32-18-11-21-37(41(32)51-42(33)40(34)38)49-35-19-9-7-16-30(35)31-17-8-10-20-36(31)49/h1-26,45H,(H,46,47,48). The number of hydrogen-bond acceptors (Lipinski definition) is 5. The van der Waals surface area contributed by atoms with Crippen LogP contribution in [0, 0.1) is 0 Å². The second kappa shape index (κ2) is 10.8. The topological polar surface area (TPSA) is 68.0 Å². The first-order chi connectivity index (χ1) is 25.3. The van der Waals surface area contributed by atoms with Crippen LogP contribution in [0.4, 0.5) is 0 Å². The van der Waals surface area contributed by atoms with Crippen LogP contribution in [0.5, 0.6) is 0 Å². The number of aromatic nitrogens is 1. The molecule has 1 N–H and O–H groups in total. The van der Waals surface area contributed by atoms with E-state index in [2.05, 4.69) is 119 Å². The Kier molecular flexibility index (Phi) is 5.92. The number of amidine groups is 2. The van der Waals surface area contributed by atoms with E-state index in [0.29, 0.717) is 5.84 Å². The summed E-state index contributed by atoms with van der Waals surface area (Å²) in [6, 6.07) is 54.3. The summed E-state index contributed by atoms with van der Waals surface area (Å²) in [5.74, 6) is 1.47. The second-order valence-corrected chi connectivity index (χ2v) is 13.0. The van der Waals surface area contributed by atoms with Crippen LogP contribution in [0.25, 0.3) is 71.4 Å². The first-order valence-corrected chi connectivity index (χ1v) is 17.1. The molecule has 11 rings (SSSR count). The SMILES string of the molecule is c1ccc(C2=NC(c3ccc4c(c3)oc3ccc5c6cccc(-n7c8ccccc8c8ccccc87)c6oc5c34)NC(c3ccccc3)=N2)cc1. The Bertz CT molecular complexity index is 3000. The number of fused-ring (bicyclic) bond motifs is 10. The van der Waals surface area contributed by atoms with Gasteiger partial charge < -0.3 is 18.7 Å². The first-order valence-electron chi connectivity index (χ1n) is 17.1. The van der Waals surface area contributed by atoms with E-state index in [1.807, 2.05) is 48.5 Å². The molecule has 10 aromatic rings. The molecule has 1 aliphatic rings. The van der Waals surface area contributed by atoms with Gasteiger partial charge in [0, 0.05) is 43.6 Å². The number of hydrogen-bond donors (Lipinski definition) is 1. The Morgan fingerprint density at radius 2 is 1.16 bits per heavy atom. The molecule has 1 atom stereocenters. The van der Waals surface area contributed by atoms with E-state index < -0.39 is 0 Å². The molecule has 0 spiro atoms. The van der Waals surface area contributed by atoms with Crippen LogP contribution in [0.1, 0.15) is 22.9 Å². The predicted molar refractivity (Wildman–Crippen MR) is 207 cm³/mol. The highest BCUT2D eigenvalue weighted by atomic mass is 16.3. The minimum Gasteiger partial charge on any atom is -0.456 e. The Labute approximate surface area is 291 Å². The van der Waals surface area contributed by atoms with Gasteiger partial charge in [-0.1, -0.05) is 115 Å². The zero-order valence-electron chi connectivity index (χ0n) is 27.2. The molecule has 0 amide bonds. The molecule has 0 aliphatic carbocycles. The lowest BCUT2D eigenvalue weighted by molar-refractivity contribution is 0.653. The van der Waals surface area contributed by atoms with Gasteiger partial charge in [0.05, 0.1) is 22.1 Å². The first kappa shape index (κ1) is 28.0. The van der Waals surface area contributed by atoms with E-state index >= 15 is 0 Å². The molecule has 0 saturated heterocycles. The quantitative estimate of drug-likeness (QED) is 0.205. The molecule has 1 unspecified atom stereocenters. The average Bonchev–Trinajstić information content (AvgIpc) is 3.87. The minimum absolute atomic E-state index is 0.356. The van der Waals surface area contributed by atoms with Crippen molar-refractivity contribution in [2.45, 2.75) is 6.17 Å². The van der Waals surface area contributed by atoms with Gasteiger partial charge in [0.2, 0.25) is 0 Å². The van der Waals surface area contributed by atoms with Crippen molar-refractivity contribution in [2.75, 3.05) is 0 Å². The van der Waals surface area contributed by atoms with Crippen LogP contribution in [-0.2, 0) is 0 Å². The zero-order chi connectivity index (χ0) is 33.5. The van der Waals surface area contributed by atoms with Gasteiger partial charge in [0.15, 0.2) is 11.4 Å². The van der Waals surface area contributed by atoms with Crippen LogP contribution < -0.4 is 5.32 Å². The summed E-state index contributed by atoms with van der Waals surface area (Å²) in [5.41, 5.74) is 9.48.